The number of likely N-dealkylation sites (tertiary alicyclic amines) is 1. The van der Waals surface area contributed by atoms with Gasteiger partial charge in [0, 0.05) is 31.9 Å². The number of hydrogen-bond acceptors (Lipinski definition) is 4. The summed E-state index contributed by atoms with van der Waals surface area (Å²) in [5.41, 5.74) is 1.36. The first kappa shape index (κ1) is 13.7. The van der Waals surface area contributed by atoms with Crippen LogP contribution in [-0.4, -0.2) is 51.3 Å². The maximum atomic E-state index is 12.5. The van der Waals surface area contributed by atoms with Crippen LogP contribution in [0.3, 0.4) is 0 Å². The average Bonchev–Trinajstić information content (AvgIpc) is 3.09. The molecule has 6 heteroatoms. The monoisotopic (exact) mass is 299 g/mol. The molecule has 4 rings (SSSR count). The van der Waals surface area contributed by atoms with Crippen LogP contribution in [0.1, 0.15) is 36.0 Å². The fraction of sp³-hybridized carbons (Fsp3) is 0.562. The summed E-state index contributed by atoms with van der Waals surface area (Å²) in [7, 11) is 0. The highest BCUT2D eigenvalue weighted by Crippen LogP contribution is 2.28. The number of amides is 1. The zero-order valence-corrected chi connectivity index (χ0v) is 12.6. The van der Waals surface area contributed by atoms with Gasteiger partial charge in [-0.25, -0.2) is 0 Å². The van der Waals surface area contributed by atoms with Crippen molar-refractivity contribution < 1.29 is 4.79 Å². The van der Waals surface area contributed by atoms with Crippen molar-refractivity contribution >= 4 is 11.4 Å². The molecule has 2 aliphatic rings. The van der Waals surface area contributed by atoms with Gasteiger partial charge in [0.1, 0.15) is 5.52 Å². The Balaban J connectivity index is 1.38. The Kier molecular flexibility index (Phi) is 3.54. The molecule has 1 atom stereocenters. The zero-order chi connectivity index (χ0) is 14.9. The second-order valence-corrected chi connectivity index (χ2v) is 6.47. The molecule has 0 bridgehead atoms. The summed E-state index contributed by atoms with van der Waals surface area (Å²) in [6.45, 7) is 3.27. The first-order valence-corrected chi connectivity index (χ1v) is 8.12. The fourth-order valence-electron chi connectivity index (χ4n) is 3.43. The Morgan fingerprint density at radius 3 is 3.05 bits per heavy atom. The van der Waals surface area contributed by atoms with Gasteiger partial charge in [0.05, 0.1) is 11.8 Å². The van der Waals surface area contributed by atoms with Crippen molar-refractivity contribution in [3.8, 4) is 0 Å². The number of carbonyl (C=O) groups excluding carboxylic acids is 1. The molecular weight excluding hydrogens is 278 g/mol. The van der Waals surface area contributed by atoms with Crippen LogP contribution < -0.4 is 5.32 Å². The van der Waals surface area contributed by atoms with E-state index in [0.717, 1.165) is 30.9 Å². The van der Waals surface area contributed by atoms with E-state index in [1.165, 1.54) is 30.4 Å². The van der Waals surface area contributed by atoms with Crippen molar-refractivity contribution in [1.82, 2.24) is 25.0 Å². The third-order valence-electron chi connectivity index (χ3n) is 4.90. The van der Waals surface area contributed by atoms with Crippen LogP contribution in [0.2, 0.25) is 0 Å². The normalized spacial score (nSPS) is 22.8. The summed E-state index contributed by atoms with van der Waals surface area (Å²) >= 11 is 0. The summed E-state index contributed by atoms with van der Waals surface area (Å²) in [5, 5.41) is 11.4. The van der Waals surface area contributed by atoms with Gasteiger partial charge in [-0.05, 0) is 37.3 Å². The van der Waals surface area contributed by atoms with E-state index < -0.39 is 0 Å². The van der Waals surface area contributed by atoms with Gasteiger partial charge in [-0.2, -0.15) is 14.8 Å². The molecule has 1 N–H and O–H groups in total. The Morgan fingerprint density at radius 2 is 2.23 bits per heavy atom. The SMILES string of the molecule is O=C(NC1CCN(CC2CCC2)C1)c1cnn2ncccc12. The lowest BCUT2D eigenvalue weighted by Gasteiger charge is -2.30. The molecular formula is C16H21N5O. The molecule has 116 valence electrons. The summed E-state index contributed by atoms with van der Waals surface area (Å²) in [6.07, 6.45) is 8.44. The van der Waals surface area contributed by atoms with Crippen LogP contribution in [0.4, 0.5) is 0 Å². The van der Waals surface area contributed by atoms with E-state index in [4.69, 9.17) is 0 Å². The van der Waals surface area contributed by atoms with Crippen LogP contribution in [0, 0.1) is 5.92 Å². The smallest absolute Gasteiger partial charge is 0.255 e. The highest BCUT2D eigenvalue weighted by atomic mass is 16.1. The summed E-state index contributed by atoms with van der Waals surface area (Å²) in [6, 6.07) is 3.94. The number of aromatic nitrogens is 3. The highest BCUT2D eigenvalue weighted by molar-refractivity contribution is 6.00. The Labute approximate surface area is 129 Å². The minimum Gasteiger partial charge on any atom is -0.348 e. The number of hydrogen-bond donors (Lipinski definition) is 1. The summed E-state index contributed by atoms with van der Waals surface area (Å²) in [5.74, 6) is 0.846. The molecule has 3 heterocycles. The second-order valence-electron chi connectivity index (χ2n) is 6.47. The van der Waals surface area contributed by atoms with Crippen molar-refractivity contribution in [2.45, 2.75) is 31.7 Å². The molecule has 1 aliphatic carbocycles. The minimum absolute atomic E-state index is 0.0431. The highest BCUT2D eigenvalue weighted by Gasteiger charge is 2.28. The average molecular weight is 299 g/mol. The van der Waals surface area contributed by atoms with Gasteiger partial charge in [-0.1, -0.05) is 6.42 Å². The summed E-state index contributed by atoms with van der Waals surface area (Å²) < 4.78 is 1.49. The van der Waals surface area contributed by atoms with Crippen LogP contribution in [0.5, 0.6) is 0 Å². The van der Waals surface area contributed by atoms with Crippen molar-refractivity contribution in [2.75, 3.05) is 19.6 Å². The van der Waals surface area contributed by atoms with Gasteiger partial charge in [0.2, 0.25) is 0 Å². The van der Waals surface area contributed by atoms with Crippen molar-refractivity contribution in [3.63, 3.8) is 0 Å². The minimum atomic E-state index is -0.0431. The standard InChI is InChI=1S/C16H21N5O/c22-16(14-9-18-21-15(14)5-2-7-17-21)19-13-6-8-20(11-13)10-12-3-1-4-12/h2,5,7,9,12-13H,1,3-4,6,8,10-11H2,(H,19,22). The lowest BCUT2D eigenvalue weighted by molar-refractivity contribution is 0.0938. The van der Waals surface area contributed by atoms with E-state index in [-0.39, 0.29) is 11.9 Å². The molecule has 2 aromatic heterocycles. The van der Waals surface area contributed by atoms with E-state index in [1.807, 2.05) is 12.1 Å². The number of nitrogens with one attached hydrogen (secondary N) is 1. The van der Waals surface area contributed by atoms with Gasteiger partial charge in [-0.15, -0.1) is 0 Å². The molecule has 1 saturated heterocycles. The predicted octanol–water partition coefficient (Wildman–Crippen LogP) is 1.33. The van der Waals surface area contributed by atoms with Gasteiger partial charge >= 0.3 is 0 Å². The molecule has 1 saturated carbocycles. The lowest BCUT2D eigenvalue weighted by atomic mass is 9.85. The van der Waals surface area contributed by atoms with E-state index >= 15 is 0 Å². The molecule has 2 aromatic rings. The molecule has 1 aliphatic heterocycles. The molecule has 1 unspecified atom stereocenters. The van der Waals surface area contributed by atoms with Crippen LogP contribution in [0.15, 0.2) is 24.5 Å². The Morgan fingerprint density at radius 1 is 1.32 bits per heavy atom. The van der Waals surface area contributed by atoms with Crippen LogP contribution >= 0.6 is 0 Å². The topological polar surface area (TPSA) is 62.5 Å². The maximum absolute atomic E-state index is 12.5. The zero-order valence-electron chi connectivity index (χ0n) is 12.6. The fourth-order valence-corrected chi connectivity index (χ4v) is 3.43. The Hall–Kier alpha value is -1.95. The van der Waals surface area contributed by atoms with E-state index in [0.29, 0.717) is 5.56 Å². The van der Waals surface area contributed by atoms with E-state index in [2.05, 4.69) is 20.4 Å². The predicted molar refractivity (Wildman–Crippen MR) is 82.6 cm³/mol. The van der Waals surface area contributed by atoms with Crippen LogP contribution in [-0.2, 0) is 0 Å². The van der Waals surface area contributed by atoms with Crippen molar-refractivity contribution in [1.29, 1.82) is 0 Å². The molecule has 0 spiro atoms. The van der Waals surface area contributed by atoms with E-state index in [9.17, 15) is 4.79 Å². The quantitative estimate of drug-likeness (QED) is 0.925. The molecule has 0 aromatic carbocycles. The molecule has 22 heavy (non-hydrogen) atoms. The molecule has 6 nitrogen and oxygen atoms in total. The number of fused-ring (bicyclic) bond motifs is 1. The number of nitrogens with zero attached hydrogens (tertiary/aromatic N) is 4. The third kappa shape index (κ3) is 2.59. The second kappa shape index (κ2) is 5.68. The molecule has 2 fully saturated rings. The molecule has 0 radical (unpaired) electrons. The Bertz CT molecular complexity index is 678. The first-order chi connectivity index (χ1) is 10.8. The van der Waals surface area contributed by atoms with Gasteiger partial charge in [0.25, 0.3) is 5.91 Å². The van der Waals surface area contributed by atoms with Crippen LogP contribution in [0.25, 0.3) is 5.52 Å². The van der Waals surface area contributed by atoms with E-state index in [1.54, 1.807) is 12.4 Å². The largest absolute Gasteiger partial charge is 0.348 e. The van der Waals surface area contributed by atoms with Gasteiger partial charge in [-0.3, -0.25) is 4.79 Å². The number of carbonyl (C=O) groups is 1. The van der Waals surface area contributed by atoms with Gasteiger partial charge in [0.15, 0.2) is 0 Å². The first-order valence-electron chi connectivity index (χ1n) is 8.12. The maximum Gasteiger partial charge on any atom is 0.255 e. The van der Waals surface area contributed by atoms with Crippen molar-refractivity contribution in [3.05, 3.63) is 30.1 Å². The number of rotatable bonds is 4. The molecule has 1 amide bonds. The third-order valence-corrected chi connectivity index (χ3v) is 4.90. The van der Waals surface area contributed by atoms with Gasteiger partial charge < -0.3 is 10.2 Å². The van der Waals surface area contributed by atoms with Crippen molar-refractivity contribution in [2.24, 2.45) is 5.92 Å². The lowest BCUT2D eigenvalue weighted by Crippen LogP contribution is -2.38. The summed E-state index contributed by atoms with van der Waals surface area (Å²) in [4.78, 5) is 15.0.